The van der Waals surface area contributed by atoms with Crippen LogP contribution in [0.4, 0.5) is 4.79 Å². The Balaban J connectivity index is 1.37. The minimum absolute atomic E-state index is 0.0372. The summed E-state index contributed by atoms with van der Waals surface area (Å²) in [5.74, 6) is -1.64. The molecule has 1 spiro atoms. The molecule has 2 heterocycles. The number of sulfonamides is 1. The van der Waals surface area contributed by atoms with E-state index in [4.69, 9.17) is 0 Å². The van der Waals surface area contributed by atoms with Gasteiger partial charge in [-0.15, -0.1) is 0 Å². The van der Waals surface area contributed by atoms with Gasteiger partial charge in [-0.3, -0.25) is 19.8 Å². The maximum atomic E-state index is 13.0. The smallest absolute Gasteiger partial charge is 0.322 e. The fraction of sp³-hybridized carbons (Fsp3) is 0.545. The Labute approximate surface area is 192 Å². The standard InChI is InChI=1S/C22H28N4O6S/c1-15(27)17-6-5-7-18(14-17)33(31,32)25-12-8-16(9-13-25)19(28)24-26-20(29)22(23-21(26)30)10-3-2-4-11-22/h5-7,14,16H,2-4,8-13H2,1H3,(H,23,30)(H,24,28). The van der Waals surface area contributed by atoms with Gasteiger partial charge in [-0.25, -0.2) is 13.2 Å². The summed E-state index contributed by atoms with van der Waals surface area (Å²) in [6, 6.07) is 5.27. The van der Waals surface area contributed by atoms with Gasteiger partial charge in [0.25, 0.3) is 5.91 Å². The first kappa shape index (κ1) is 23.4. The largest absolute Gasteiger partial charge is 0.344 e. The monoisotopic (exact) mass is 476 g/mol. The molecule has 1 aromatic carbocycles. The average molecular weight is 477 g/mol. The number of rotatable bonds is 5. The fourth-order valence-corrected chi connectivity index (χ4v) is 6.32. The number of urea groups is 1. The second kappa shape index (κ2) is 8.86. The number of Topliss-reactive ketones (excluding diaryl/α,β-unsaturated/α-hetero) is 1. The molecule has 1 saturated carbocycles. The zero-order valence-electron chi connectivity index (χ0n) is 18.5. The third kappa shape index (κ3) is 4.39. The van der Waals surface area contributed by atoms with Crippen LogP contribution < -0.4 is 10.7 Å². The molecule has 3 fully saturated rings. The minimum Gasteiger partial charge on any atom is -0.322 e. The van der Waals surface area contributed by atoms with Gasteiger partial charge in [-0.1, -0.05) is 31.4 Å². The highest BCUT2D eigenvalue weighted by Gasteiger charge is 2.52. The van der Waals surface area contributed by atoms with Gasteiger partial charge in [0.1, 0.15) is 5.54 Å². The van der Waals surface area contributed by atoms with Crippen molar-refractivity contribution < 1.29 is 27.6 Å². The van der Waals surface area contributed by atoms with Crippen molar-refractivity contribution in [2.45, 2.75) is 62.3 Å². The summed E-state index contributed by atoms with van der Waals surface area (Å²) in [4.78, 5) is 49.6. The Kier molecular flexibility index (Phi) is 6.28. The SMILES string of the molecule is CC(=O)c1cccc(S(=O)(=O)N2CCC(C(=O)NN3C(=O)NC4(CCCCC4)C3=O)CC2)c1. The summed E-state index contributed by atoms with van der Waals surface area (Å²) in [5, 5.41) is 3.53. The molecule has 0 unspecified atom stereocenters. The molecular weight excluding hydrogens is 448 g/mol. The van der Waals surface area contributed by atoms with Crippen LogP contribution >= 0.6 is 0 Å². The van der Waals surface area contributed by atoms with Crippen LogP contribution in [0, 0.1) is 5.92 Å². The van der Waals surface area contributed by atoms with Gasteiger partial charge in [0.05, 0.1) is 4.90 Å². The highest BCUT2D eigenvalue weighted by molar-refractivity contribution is 7.89. The van der Waals surface area contributed by atoms with Crippen molar-refractivity contribution in [2.24, 2.45) is 5.92 Å². The Morgan fingerprint density at radius 3 is 2.39 bits per heavy atom. The number of nitrogens with one attached hydrogen (secondary N) is 2. The topological polar surface area (TPSA) is 133 Å². The lowest BCUT2D eigenvalue weighted by Crippen LogP contribution is -2.53. The van der Waals surface area contributed by atoms with E-state index in [9.17, 15) is 27.6 Å². The van der Waals surface area contributed by atoms with E-state index in [0.717, 1.165) is 24.3 Å². The quantitative estimate of drug-likeness (QED) is 0.490. The van der Waals surface area contributed by atoms with Gasteiger partial charge >= 0.3 is 6.03 Å². The number of hydrazine groups is 1. The predicted octanol–water partition coefficient (Wildman–Crippen LogP) is 1.58. The van der Waals surface area contributed by atoms with Gasteiger partial charge < -0.3 is 5.32 Å². The van der Waals surface area contributed by atoms with Gasteiger partial charge in [0, 0.05) is 24.6 Å². The molecule has 1 aromatic rings. The zero-order chi connectivity index (χ0) is 23.8. The van der Waals surface area contributed by atoms with Crippen LogP contribution in [-0.2, 0) is 19.6 Å². The number of carbonyl (C=O) groups excluding carboxylic acids is 4. The first-order valence-corrected chi connectivity index (χ1v) is 12.7. The molecule has 178 valence electrons. The zero-order valence-corrected chi connectivity index (χ0v) is 19.3. The lowest BCUT2D eigenvalue weighted by Gasteiger charge is -2.32. The molecular formula is C22H28N4O6S. The van der Waals surface area contributed by atoms with E-state index in [0.29, 0.717) is 18.4 Å². The van der Waals surface area contributed by atoms with Gasteiger partial charge in [-0.05, 0) is 44.7 Å². The van der Waals surface area contributed by atoms with E-state index in [2.05, 4.69) is 10.7 Å². The summed E-state index contributed by atoms with van der Waals surface area (Å²) >= 11 is 0. The molecule has 0 radical (unpaired) electrons. The fourth-order valence-electron chi connectivity index (χ4n) is 4.80. The number of carbonyl (C=O) groups is 4. The van der Waals surface area contributed by atoms with Gasteiger partial charge in [0.2, 0.25) is 15.9 Å². The molecule has 3 aliphatic rings. The molecule has 0 atom stereocenters. The van der Waals surface area contributed by atoms with E-state index in [-0.39, 0.29) is 36.6 Å². The maximum absolute atomic E-state index is 13.0. The second-order valence-corrected chi connectivity index (χ2v) is 10.9. The third-order valence-corrected chi connectivity index (χ3v) is 8.69. The first-order chi connectivity index (χ1) is 15.6. The van der Waals surface area contributed by atoms with E-state index in [1.165, 1.54) is 29.4 Å². The Hall–Kier alpha value is -2.79. The molecule has 2 aliphatic heterocycles. The number of amides is 4. The number of piperidine rings is 1. The summed E-state index contributed by atoms with van der Waals surface area (Å²) in [6.45, 7) is 1.61. The summed E-state index contributed by atoms with van der Waals surface area (Å²) in [6.07, 6.45) is 4.33. The molecule has 10 nitrogen and oxygen atoms in total. The molecule has 33 heavy (non-hydrogen) atoms. The number of imide groups is 1. The van der Waals surface area contributed by atoms with E-state index in [1.54, 1.807) is 6.07 Å². The highest BCUT2D eigenvalue weighted by atomic mass is 32.2. The van der Waals surface area contributed by atoms with E-state index >= 15 is 0 Å². The van der Waals surface area contributed by atoms with E-state index < -0.39 is 39.3 Å². The highest BCUT2D eigenvalue weighted by Crippen LogP contribution is 2.33. The third-order valence-electron chi connectivity index (χ3n) is 6.79. The number of nitrogens with zero attached hydrogens (tertiary/aromatic N) is 2. The van der Waals surface area contributed by atoms with Crippen LogP contribution in [0.3, 0.4) is 0 Å². The molecule has 4 amide bonds. The van der Waals surface area contributed by atoms with Crippen molar-refractivity contribution in [2.75, 3.05) is 13.1 Å². The molecule has 0 aromatic heterocycles. The van der Waals surface area contributed by atoms with Crippen molar-refractivity contribution in [3.05, 3.63) is 29.8 Å². The van der Waals surface area contributed by atoms with Crippen LogP contribution in [0.1, 0.15) is 62.2 Å². The number of hydrogen-bond acceptors (Lipinski definition) is 6. The molecule has 1 aliphatic carbocycles. The molecule has 11 heteroatoms. The van der Waals surface area contributed by atoms with Gasteiger partial charge in [-0.2, -0.15) is 9.31 Å². The van der Waals surface area contributed by atoms with Crippen molar-refractivity contribution in [3.8, 4) is 0 Å². The number of benzene rings is 1. The maximum Gasteiger partial charge on any atom is 0.344 e. The first-order valence-electron chi connectivity index (χ1n) is 11.2. The summed E-state index contributed by atoms with van der Waals surface area (Å²) < 4.78 is 27.3. The second-order valence-electron chi connectivity index (χ2n) is 8.95. The molecule has 0 bridgehead atoms. The molecule has 2 saturated heterocycles. The molecule has 2 N–H and O–H groups in total. The minimum atomic E-state index is -3.81. The number of hydrogen-bond donors (Lipinski definition) is 2. The van der Waals surface area contributed by atoms with Crippen LogP contribution in [0.5, 0.6) is 0 Å². The van der Waals surface area contributed by atoms with Crippen molar-refractivity contribution in [1.29, 1.82) is 0 Å². The van der Waals surface area contributed by atoms with Crippen LogP contribution in [0.25, 0.3) is 0 Å². The van der Waals surface area contributed by atoms with Crippen LogP contribution in [0.2, 0.25) is 0 Å². The van der Waals surface area contributed by atoms with E-state index in [1.807, 2.05) is 0 Å². The van der Waals surface area contributed by atoms with Crippen LogP contribution in [0.15, 0.2) is 29.2 Å². The Morgan fingerprint density at radius 1 is 1.09 bits per heavy atom. The Morgan fingerprint density at radius 2 is 1.76 bits per heavy atom. The number of ketones is 1. The van der Waals surface area contributed by atoms with Crippen molar-refractivity contribution in [1.82, 2.24) is 20.1 Å². The average Bonchev–Trinajstić information content (AvgIpc) is 3.03. The lowest BCUT2D eigenvalue weighted by atomic mass is 9.82. The van der Waals surface area contributed by atoms with Crippen molar-refractivity contribution in [3.63, 3.8) is 0 Å². The summed E-state index contributed by atoms with van der Waals surface area (Å²) in [7, 11) is -3.81. The van der Waals surface area contributed by atoms with Gasteiger partial charge in [0.15, 0.2) is 5.78 Å². The summed E-state index contributed by atoms with van der Waals surface area (Å²) in [5.41, 5.74) is 1.84. The Bertz CT molecular complexity index is 1090. The predicted molar refractivity (Wildman–Crippen MR) is 117 cm³/mol. The van der Waals surface area contributed by atoms with Crippen LogP contribution in [-0.4, -0.2) is 60.0 Å². The molecule has 4 rings (SSSR count). The lowest BCUT2D eigenvalue weighted by molar-refractivity contribution is -0.141. The normalized spacial score (nSPS) is 21.8. The van der Waals surface area contributed by atoms with Crippen molar-refractivity contribution >= 4 is 33.7 Å².